The Morgan fingerprint density at radius 1 is 0.886 bits per heavy atom. The van der Waals surface area contributed by atoms with Gasteiger partial charge in [0.15, 0.2) is 0 Å². The van der Waals surface area contributed by atoms with Gasteiger partial charge in [-0.25, -0.2) is 4.52 Å². The molecule has 5 rings (SSSR count). The van der Waals surface area contributed by atoms with E-state index in [1.54, 1.807) is 10.7 Å². The number of benzene rings is 1. The molecular formula is C28H35N5O2. The van der Waals surface area contributed by atoms with Gasteiger partial charge in [-0.2, -0.15) is 5.10 Å². The second kappa shape index (κ2) is 9.72. The van der Waals surface area contributed by atoms with Crippen LogP contribution in [0.3, 0.4) is 0 Å². The molecule has 2 amide bonds. The van der Waals surface area contributed by atoms with Crippen LogP contribution >= 0.6 is 0 Å². The summed E-state index contributed by atoms with van der Waals surface area (Å²) in [6, 6.07) is 12.1. The van der Waals surface area contributed by atoms with Crippen LogP contribution < -0.4 is 4.90 Å². The fourth-order valence-electron chi connectivity index (χ4n) is 5.30. The molecule has 2 aromatic heterocycles. The molecule has 7 heteroatoms. The lowest BCUT2D eigenvalue weighted by Gasteiger charge is -2.32. The highest BCUT2D eigenvalue weighted by molar-refractivity contribution is 6.00. The monoisotopic (exact) mass is 473 g/mol. The number of carbonyl (C=O) groups excluding carboxylic acids is 2. The van der Waals surface area contributed by atoms with Gasteiger partial charge in [0.05, 0.1) is 17.3 Å². The van der Waals surface area contributed by atoms with Crippen LogP contribution in [0.15, 0.2) is 48.8 Å². The molecule has 0 spiro atoms. The minimum Gasteiger partial charge on any atom is -0.378 e. The largest absolute Gasteiger partial charge is 0.378 e. The Kier molecular flexibility index (Phi) is 6.50. The van der Waals surface area contributed by atoms with Crippen LogP contribution in [0.5, 0.6) is 0 Å². The van der Waals surface area contributed by atoms with Gasteiger partial charge in [-0.15, -0.1) is 0 Å². The number of hydrogen-bond acceptors (Lipinski definition) is 4. The van der Waals surface area contributed by atoms with Crippen molar-refractivity contribution in [2.24, 2.45) is 5.92 Å². The van der Waals surface area contributed by atoms with E-state index in [0.29, 0.717) is 17.4 Å². The summed E-state index contributed by atoms with van der Waals surface area (Å²) in [6.07, 6.45) is 7.63. The predicted molar refractivity (Wildman–Crippen MR) is 138 cm³/mol. The zero-order valence-corrected chi connectivity index (χ0v) is 21.0. The highest BCUT2D eigenvalue weighted by atomic mass is 16.2. The van der Waals surface area contributed by atoms with Crippen molar-refractivity contribution in [2.45, 2.75) is 38.5 Å². The Labute approximate surface area is 207 Å². The molecule has 2 aliphatic heterocycles. The van der Waals surface area contributed by atoms with Crippen LogP contribution in [0.2, 0.25) is 0 Å². The van der Waals surface area contributed by atoms with Gasteiger partial charge in [0.2, 0.25) is 0 Å². The molecule has 0 saturated carbocycles. The highest BCUT2D eigenvalue weighted by Gasteiger charge is 2.27. The van der Waals surface area contributed by atoms with E-state index < -0.39 is 0 Å². The first-order valence-corrected chi connectivity index (χ1v) is 12.7. The number of rotatable bonds is 4. The third kappa shape index (κ3) is 4.77. The molecule has 0 N–H and O–H groups in total. The van der Waals surface area contributed by atoms with E-state index in [4.69, 9.17) is 0 Å². The maximum atomic E-state index is 13.2. The lowest BCUT2D eigenvalue weighted by molar-refractivity contribution is 0.0695. The molecule has 2 saturated heterocycles. The zero-order valence-electron chi connectivity index (χ0n) is 21.0. The number of hydrogen-bond donors (Lipinski definition) is 0. The lowest BCUT2D eigenvalue weighted by atomic mass is 9.89. The van der Waals surface area contributed by atoms with Gasteiger partial charge in [-0.05, 0) is 79.5 Å². The number of amides is 2. The molecular weight excluding hydrogens is 438 g/mol. The molecule has 0 aliphatic carbocycles. The first-order valence-electron chi connectivity index (χ1n) is 12.7. The van der Waals surface area contributed by atoms with Crippen molar-refractivity contribution in [1.82, 2.24) is 19.4 Å². The molecule has 2 fully saturated rings. The SMILES string of the molecule is CC1CCN(C(=O)c2cnn3ccc(C4CCN(C(=O)c5ccc(N(C)C)cc5)CC4)cc23)CC1. The number of fused-ring (bicyclic) bond motifs is 1. The number of nitrogens with zero attached hydrogens (tertiary/aromatic N) is 5. The first kappa shape index (κ1) is 23.4. The summed E-state index contributed by atoms with van der Waals surface area (Å²) in [5.74, 6) is 1.24. The number of piperidine rings is 2. The van der Waals surface area contributed by atoms with E-state index in [2.05, 4.69) is 24.2 Å². The smallest absolute Gasteiger partial charge is 0.257 e. The van der Waals surface area contributed by atoms with Crippen LogP contribution in [0.4, 0.5) is 5.69 Å². The number of aromatic nitrogens is 2. The topological polar surface area (TPSA) is 61.2 Å². The molecule has 1 aromatic carbocycles. The van der Waals surface area contributed by atoms with Crippen LogP contribution in [0.25, 0.3) is 5.52 Å². The van der Waals surface area contributed by atoms with Gasteiger partial charge in [-0.1, -0.05) is 6.92 Å². The molecule has 0 atom stereocenters. The van der Waals surface area contributed by atoms with Crippen molar-refractivity contribution in [1.29, 1.82) is 0 Å². The average molecular weight is 474 g/mol. The van der Waals surface area contributed by atoms with Gasteiger partial charge >= 0.3 is 0 Å². The molecule has 35 heavy (non-hydrogen) atoms. The van der Waals surface area contributed by atoms with Gasteiger partial charge in [0, 0.05) is 57.7 Å². The Morgan fingerprint density at radius 2 is 1.51 bits per heavy atom. The molecule has 7 nitrogen and oxygen atoms in total. The summed E-state index contributed by atoms with van der Waals surface area (Å²) in [5.41, 5.74) is 4.62. The van der Waals surface area contributed by atoms with Crippen LogP contribution in [-0.4, -0.2) is 71.5 Å². The number of likely N-dealkylation sites (tertiary alicyclic amines) is 2. The summed E-state index contributed by atoms with van der Waals surface area (Å²) < 4.78 is 1.80. The zero-order chi connectivity index (χ0) is 24.5. The van der Waals surface area contributed by atoms with Crippen molar-refractivity contribution in [2.75, 3.05) is 45.2 Å². The van der Waals surface area contributed by atoms with Gasteiger partial charge in [-0.3, -0.25) is 9.59 Å². The Bertz CT molecular complexity index is 1200. The molecule has 3 aromatic rings. The summed E-state index contributed by atoms with van der Waals surface area (Å²) in [5, 5.41) is 4.43. The number of pyridine rings is 1. The molecule has 4 heterocycles. The van der Waals surface area contributed by atoms with Crippen LogP contribution in [-0.2, 0) is 0 Å². The number of anilines is 1. The van der Waals surface area contributed by atoms with E-state index in [1.165, 1.54) is 5.56 Å². The standard InChI is InChI=1S/C28H35N5O2/c1-20-8-13-32(14-9-20)28(35)25-19-29-33-17-12-23(18-26(25)33)21-10-15-31(16-11-21)27(34)22-4-6-24(7-5-22)30(2)3/h4-7,12,17-21H,8-11,13-16H2,1-3H3. The first-order chi connectivity index (χ1) is 16.9. The van der Waals surface area contributed by atoms with Gasteiger partial charge < -0.3 is 14.7 Å². The van der Waals surface area contributed by atoms with Crippen LogP contribution in [0.1, 0.15) is 64.8 Å². The maximum absolute atomic E-state index is 13.2. The lowest BCUT2D eigenvalue weighted by Crippen LogP contribution is -2.38. The highest BCUT2D eigenvalue weighted by Crippen LogP contribution is 2.30. The second-order valence-corrected chi connectivity index (χ2v) is 10.3. The second-order valence-electron chi connectivity index (χ2n) is 10.3. The molecule has 184 valence electrons. The van der Waals surface area contributed by atoms with Crippen LogP contribution in [0, 0.1) is 5.92 Å². The summed E-state index contributed by atoms with van der Waals surface area (Å²) >= 11 is 0. The fourth-order valence-corrected chi connectivity index (χ4v) is 5.30. The molecule has 0 unspecified atom stereocenters. The van der Waals surface area contributed by atoms with Crippen molar-refractivity contribution >= 4 is 23.0 Å². The van der Waals surface area contributed by atoms with E-state index >= 15 is 0 Å². The summed E-state index contributed by atoms with van der Waals surface area (Å²) in [6.45, 7) is 5.37. The van der Waals surface area contributed by atoms with E-state index in [0.717, 1.165) is 68.6 Å². The average Bonchev–Trinajstić information content (AvgIpc) is 3.32. The predicted octanol–water partition coefficient (Wildman–Crippen LogP) is 4.29. The Balaban J connectivity index is 1.26. The van der Waals surface area contributed by atoms with Crippen molar-refractivity contribution in [3.8, 4) is 0 Å². The minimum atomic E-state index is 0.0877. The molecule has 0 radical (unpaired) electrons. The van der Waals surface area contributed by atoms with E-state index in [9.17, 15) is 9.59 Å². The molecule has 0 bridgehead atoms. The van der Waals surface area contributed by atoms with Gasteiger partial charge in [0.25, 0.3) is 11.8 Å². The Hall–Kier alpha value is -3.35. The maximum Gasteiger partial charge on any atom is 0.257 e. The minimum absolute atomic E-state index is 0.0877. The summed E-state index contributed by atoms with van der Waals surface area (Å²) in [7, 11) is 3.99. The third-order valence-electron chi connectivity index (χ3n) is 7.73. The molecule has 2 aliphatic rings. The number of carbonyl (C=O) groups is 2. The summed E-state index contributed by atoms with van der Waals surface area (Å²) in [4.78, 5) is 32.2. The quantitative estimate of drug-likeness (QED) is 0.567. The normalized spacial score (nSPS) is 17.7. The van der Waals surface area contributed by atoms with Crippen molar-refractivity contribution in [3.05, 3.63) is 65.5 Å². The fraction of sp³-hybridized carbons (Fsp3) is 0.464. The van der Waals surface area contributed by atoms with E-state index in [1.807, 2.05) is 59.3 Å². The van der Waals surface area contributed by atoms with Crippen molar-refractivity contribution < 1.29 is 9.59 Å². The Morgan fingerprint density at radius 3 is 2.17 bits per heavy atom. The van der Waals surface area contributed by atoms with Gasteiger partial charge in [0.1, 0.15) is 0 Å². The van der Waals surface area contributed by atoms with E-state index in [-0.39, 0.29) is 11.8 Å². The van der Waals surface area contributed by atoms with Crippen molar-refractivity contribution in [3.63, 3.8) is 0 Å². The third-order valence-corrected chi connectivity index (χ3v) is 7.73.